The Balaban J connectivity index is 1.47. The van der Waals surface area contributed by atoms with Gasteiger partial charge in [-0.25, -0.2) is 4.57 Å². The van der Waals surface area contributed by atoms with Crippen LogP contribution in [0.3, 0.4) is 0 Å². The SMILES string of the molecule is O=C(CCC(CP(=O)(OCc1ccccc1)Oc1ccccc1)C(=O)OCc1ccccc1)OCc1ccccc1. The molecule has 0 aliphatic rings. The summed E-state index contributed by atoms with van der Waals surface area (Å²) < 4.78 is 36.9. The number of hydrogen-bond acceptors (Lipinski definition) is 7. The van der Waals surface area contributed by atoms with Crippen molar-refractivity contribution in [2.24, 2.45) is 5.92 Å². The van der Waals surface area contributed by atoms with Crippen molar-refractivity contribution in [3.8, 4) is 5.75 Å². The molecule has 0 saturated carbocycles. The van der Waals surface area contributed by atoms with Gasteiger partial charge in [-0.1, -0.05) is 109 Å². The van der Waals surface area contributed by atoms with Crippen LogP contribution in [-0.2, 0) is 48.0 Å². The third-order valence-corrected chi connectivity index (χ3v) is 8.10. The first-order valence-electron chi connectivity index (χ1n) is 13.4. The zero-order valence-corrected chi connectivity index (χ0v) is 23.6. The van der Waals surface area contributed by atoms with E-state index in [0.717, 1.165) is 16.7 Å². The summed E-state index contributed by atoms with van der Waals surface area (Å²) in [7, 11) is -3.89. The van der Waals surface area contributed by atoms with Crippen molar-refractivity contribution in [2.45, 2.75) is 32.7 Å². The largest absolute Gasteiger partial charge is 0.461 e. The van der Waals surface area contributed by atoms with E-state index in [2.05, 4.69) is 0 Å². The molecular formula is C33H33O7P. The molecule has 2 unspecified atom stereocenters. The number of esters is 2. The summed E-state index contributed by atoms with van der Waals surface area (Å²) in [5, 5.41) is 0. The maximum atomic E-state index is 14.1. The lowest BCUT2D eigenvalue weighted by Gasteiger charge is -2.23. The molecule has 7 nitrogen and oxygen atoms in total. The van der Waals surface area contributed by atoms with E-state index in [1.807, 2.05) is 97.1 Å². The van der Waals surface area contributed by atoms with Gasteiger partial charge in [-0.15, -0.1) is 0 Å². The molecule has 0 N–H and O–H groups in total. The molecule has 0 saturated heterocycles. The van der Waals surface area contributed by atoms with E-state index in [9.17, 15) is 14.2 Å². The first-order valence-corrected chi connectivity index (χ1v) is 15.1. The Morgan fingerprint density at radius 3 is 1.61 bits per heavy atom. The summed E-state index contributed by atoms with van der Waals surface area (Å²) in [6.45, 7) is 0.192. The summed E-state index contributed by atoms with van der Waals surface area (Å²) >= 11 is 0. The van der Waals surface area contributed by atoms with Crippen molar-refractivity contribution in [1.29, 1.82) is 0 Å². The van der Waals surface area contributed by atoms with Crippen LogP contribution in [0.2, 0.25) is 0 Å². The summed E-state index contributed by atoms with van der Waals surface area (Å²) in [5.41, 5.74) is 2.47. The third kappa shape index (κ3) is 10.4. The number of ether oxygens (including phenoxy) is 2. The Labute approximate surface area is 240 Å². The molecule has 4 aromatic rings. The Morgan fingerprint density at radius 2 is 1.07 bits per heavy atom. The first-order chi connectivity index (χ1) is 20.0. The van der Waals surface area contributed by atoms with Crippen molar-refractivity contribution in [3.63, 3.8) is 0 Å². The summed E-state index contributed by atoms with van der Waals surface area (Å²) in [6.07, 6.45) is -0.283. The maximum absolute atomic E-state index is 14.1. The Kier molecular flexibility index (Phi) is 11.3. The molecule has 0 radical (unpaired) electrons. The van der Waals surface area contributed by atoms with E-state index in [4.69, 9.17) is 18.5 Å². The molecule has 0 aromatic heterocycles. The molecule has 0 bridgehead atoms. The van der Waals surface area contributed by atoms with E-state index in [0.29, 0.717) is 5.75 Å². The van der Waals surface area contributed by atoms with Gasteiger partial charge in [-0.05, 0) is 35.2 Å². The van der Waals surface area contributed by atoms with Gasteiger partial charge in [0, 0.05) is 6.42 Å². The van der Waals surface area contributed by atoms with Crippen LogP contribution in [-0.4, -0.2) is 18.1 Å². The van der Waals surface area contributed by atoms with E-state index in [-0.39, 0.29) is 38.8 Å². The lowest BCUT2D eigenvalue weighted by Crippen LogP contribution is -2.24. The van der Waals surface area contributed by atoms with Crippen LogP contribution < -0.4 is 4.52 Å². The monoisotopic (exact) mass is 572 g/mol. The highest BCUT2D eigenvalue weighted by Crippen LogP contribution is 2.51. The van der Waals surface area contributed by atoms with Crippen LogP contribution >= 0.6 is 7.60 Å². The first kappa shape index (κ1) is 29.8. The lowest BCUT2D eigenvalue weighted by molar-refractivity contribution is -0.150. The minimum atomic E-state index is -3.89. The standard InChI is InChI=1S/C33H33O7P/c34-32(37-23-27-13-5-1-6-14-27)22-21-30(33(35)38-24-28-15-7-2-8-16-28)26-41(36,40-31-19-11-4-12-20-31)39-25-29-17-9-3-10-18-29/h1-20,30H,21-26H2. The van der Waals surface area contributed by atoms with Crippen molar-refractivity contribution >= 4 is 19.5 Å². The topological polar surface area (TPSA) is 88.1 Å². The Bertz CT molecular complexity index is 1400. The molecule has 8 heteroatoms. The molecule has 41 heavy (non-hydrogen) atoms. The highest BCUT2D eigenvalue weighted by molar-refractivity contribution is 7.54. The van der Waals surface area contributed by atoms with E-state index >= 15 is 0 Å². The number of carbonyl (C=O) groups excluding carboxylic acids is 2. The van der Waals surface area contributed by atoms with E-state index in [1.165, 1.54) is 0 Å². The lowest BCUT2D eigenvalue weighted by atomic mass is 10.1. The van der Waals surface area contributed by atoms with Gasteiger partial charge in [-0.2, -0.15) is 0 Å². The second kappa shape index (κ2) is 15.6. The van der Waals surface area contributed by atoms with Crippen molar-refractivity contribution < 1.29 is 32.7 Å². The summed E-state index contributed by atoms with van der Waals surface area (Å²) in [5.74, 6) is -1.65. The van der Waals surface area contributed by atoms with Gasteiger partial charge in [0.05, 0.1) is 18.7 Å². The second-order valence-electron chi connectivity index (χ2n) is 9.43. The van der Waals surface area contributed by atoms with Crippen molar-refractivity contribution in [3.05, 3.63) is 138 Å². The second-order valence-corrected chi connectivity index (χ2v) is 11.5. The van der Waals surface area contributed by atoms with Crippen LogP contribution in [0.1, 0.15) is 29.5 Å². The van der Waals surface area contributed by atoms with Gasteiger partial charge in [0.1, 0.15) is 19.0 Å². The number of benzene rings is 4. The fourth-order valence-electron chi connectivity index (χ4n) is 4.01. The molecular weight excluding hydrogens is 539 g/mol. The smallest absolute Gasteiger partial charge is 0.380 e. The highest BCUT2D eigenvalue weighted by Gasteiger charge is 2.36. The number of rotatable bonds is 15. The summed E-state index contributed by atoms with van der Waals surface area (Å²) in [4.78, 5) is 25.9. The Morgan fingerprint density at radius 1 is 0.610 bits per heavy atom. The van der Waals surface area contributed by atoms with Crippen LogP contribution in [0.5, 0.6) is 5.75 Å². The number of carbonyl (C=O) groups is 2. The zero-order chi connectivity index (χ0) is 28.8. The average molecular weight is 573 g/mol. The maximum Gasteiger partial charge on any atom is 0.380 e. The summed E-state index contributed by atoms with van der Waals surface area (Å²) in [6, 6.07) is 36.5. The molecule has 4 aromatic carbocycles. The molecule has 0 aliphatic carbocycles. The predicted octanol–water partition coefficient (Wildman–Crippen LogP) is 7.36. The fourth-order valence-corrected chi connectivity index (χ4v) is 5.90. The molecule has 0 heterocycles. The van der Waals surface area contributed by atoms with E-state index in [1.54, 1.807) is 24.3 Å². The minimum Gasteiger partial charge on any atom is -0.461 e. The average Bonchev–Trinajstić information content (AvgIpc) is 3.02. The van der Waals surface area contributed by atoms with Crippen LogP contribution in [0.25, 0.3) is 0 Å². The zero-order valence-electron chi connectivity index (χ0n) is 22.7. The normalized spacial score (nSPS) is 13.0. The minimum absolute atomic E-state index is 0.0237. The fraction of sp³-hybridized carbons (Fsp3) is 0.212. The van der Waals surface area contributed by atoms with Crippen molar-refractivity contribution in [2.75, 3.05) is 6.16 Å². The number of hydrogen-bond donors (Lipinski definition) is 0. The van der Waals surface area contributed by atoms with Gasteiger partial charge in [-0.3, -0.25) is 14.1 Å². The molecule has 4 rings (SSSR count). The van der Waals surface area contributed by atoms with Crippen molar-refractivity contribution in [1.82, 2.24) is 0 Å². The van der Waals surface area contributed by atoms with Gasteiger partial charge in [0.15, 0.2) is 0 Å². The quantitative estimate of drug-likeness (QED) is 0.109. The predicted molar refractivity (Wildman–Crippen MR) is 156 cm³/mol. The molecule has 2 atom stereocenters. The van der Waals surface area contributed by atoms with Gasteiger partial charge < -0.3 is 14.0 Å². The Hall–Kier alpha value is -4.19. The molecule has 0 spiro atoms. The molecule has 0 aliphatic heterocycles. The molecule has 212 valence electrons. The van der Waals surface area contributed by atoms with Gasteiger partial charge in [0.2, 0.25) is 0 Å². The molecule has 0 fully saturated rings. The van der Waals surface area contributed by atoms with Crippen LogP contribution in [0, 0.1) is 5.92 Å². The van der Waals surface area contributed by atoms with Crippen LogP contribution in [0.15, 0.2) is 121 Å². The van der Waals surface area contributed by atoms with Gasteiger partial charge in [0.25, 0.3) is 0 Å². The van der Waals surface area contributed by atoms with Crippen LogP contribution in [0.4, 0.5) is 0 Å². The molecule has 0 amide bonds. The third-order valence-electron chi connectivity index (χ3n) is 6.20. The van der Waals surface area contributed by atoms with Gasteiger partial charge >= 0.3 is 19.5 Å². The highest BCUT2D eigenvalue weighted by atomic mass is 31.2. The van der Waals surface area contributed by atoms with E-state index < -0.39 is 25.5 Å². The number of para-hydroxylation sites is 1.